The summed E-state index contributed by atoms with van der Waals surface area (Å²) in [5.41, 5.74) is 1.47. The Bertz CT molecular complexity index is 882. The van der Waals surface area contributed by atoms with Gasteiger partial charge in [0.1, 0.15) is 23.0 Å². The van der Waals surface area contributed by atoms with E-state index in [-0.39, 0.29) is 22.8 Å². The number of hydrogen-bond donors (Lipinski definition) is 2. The Morgan fingerprint density at radius 2 is 1.62 bits per heavy atom. The van der Waals surface area contributed by atoms with Gasteiger partial charge in [-0.05, 0) is 61.0 Å². The van der Waals surface area contributed by atoms with Crippen LogP contribution in [0.4, 0.5) is 0 Å². The molecule has 0 heterocycles. The van der Waals surface area contributed by atoms with E-state index in [1.54, 1.807) is 24.3 Å². The average Bonchev–Trinajstić information content (AvgIpc) is 2.59. The standard InChI is InChI=1S/C20H16O4/c1-13-4-2-3-5-19(13)24-16-9-6-14(7-10-16)20(23)17-12-15(21)8-11-18(17)22/h2-12,21-22H,1H3. The molecular formula is C20H16O4. The molecule has 2 N–H and O–H groups in total. The highest BCUT2D eigenvalue weighted by molar-refractivity contribution is 6.10. The van der Waals surface area contributed by atoms with Crippen LogP contribution in [0.15, 0.2) is 66.7 Å². The summed E-state index contributed by atoms with van der Waals surface area (Å²) >= 11 is 0. The Labute approximate surface area is 139 Å². The van der Waals surface area contributed by atoms with Crippen molar-refractivity contribution in [3.8, 4) is 23.0 Å². The highest BCUT2D eigenvalue weighted by Gasteiger charge is 2.14. The Hall–Kier alpha value is -3.27. The molecular weight excluding hydrogens is 304 g/mol. The molecule has 0 bridgehead atoms. The van der Waals surface area contributed by atoms with Crippen molar-refractivity contribution in [2.75, 3.05) is 0 Å². The number of ketones is 1. The van der Waals surface area contributed by atoms with Gasteiger partial charge in [0.15, 0.2) is 5.78 Å². The number of hydrogen-bond acceptors (Lipinski definition) is 4. The van der Waals surface area contributed by atoms with Crippen LogP contribution < -0.4 is 4.74 Å². The molecule has 0 amide bonds. The molecule has 0 aromatic heterocycles. The second kappa shape index (κ2) is 6.46. The lowest BCUT2D eigenvalue weighted by atomic mass is 10.0. The molecule has 3 rings (SSSR count). The molecule has 0 fully saturated rings. The molecule has 0 aliphatic rings. The minimum Gasteiger partial charge on any atom is -0.508 e. The van der Waals surface area contributed by atoms with Gasteiger partial charge in [-0.3, -0.25) is 4.79 Å². The lowest BCUT2D eigenvalue weighted by molar-refractivity contribution is 0.103. The third kappa shape index (κ3) is 3.22. The summed E-state index contributed by atoms with van der Waals surface area (Å²) in [6.07, 6.45) is 0. The first kappa shape index (κ1) is 15.6. The lowest BCUT2D eigenvalue weighted by Gasteiger charge is -2.09. The first-order valence-electron chi connectivity index (χ1n) is 7.45. The van der Waals surface area contributed by atoms with Gasteiger partial charge in [0, 0.05) is 5.56 Å². The van der Waals surface area contributed by atoms with Gasteiger partial charge in [0.05, 0.1) is 5.56 Å². The van der Waals surface area contributed by atoms with Crippen LogP contribution in [-0.2, 0) is 0 Å². The molecule has 4 nitrogen and oxygen atoms in total. The Kier molecular flexibility index (Phi) is 4.20. The first-order valence-corrected chi connectivity index (χ1v) is 7.45. The fraction of sp³-hybridized carbons (Fsp3) is 0.0500. The number of aromatic hydroxyl groups is 2. The highest BCUT2D eigenvalue weighted by Crippen LogP contribution is 2.27. The summed E-state index contributed by atoms with van der Waals surface area (Å²) < 4.78 is 5.79. The number of aryl methyl sites for hydroxylation is 1. The molecule has 0 unspecified atom stereocenters. The number of ether oxygens (including phenoxy) is 1. The number of carbonyl (C=O) groups excluding carboxylic acids is 1. The number of para-hydroxylation sites is 1. The Morgan fingerprint density at radius 1 is 0.917 bits per heavy atom. The summed E-state index contributed by atoms with van der Waals surface area (Å²) in [6, 6.07) is 18.2. The van der Waals surface area contributed by atoms with Crippen LogP contribution >= 0.6 is 0 Å². The molecule has 0 spiro atoms. The molecule has 3 aromatic rings. The molecule has 4 heteroatoms. The topological polar surface area (TPSA) is 66.8 Å². The summed E-state index contributed by atoms with van der Waals surface area (Å²) in [6.45, 7) is 1.96. The maximum absolute atomic E-state index is 12.4. The van der Waals surface area contributed by atoms with Crippen molar-refractivity contribution < 1.29 is 19.7 Å². The van der Waals surface area contributed by atoms with E-state index in [2.05, 4.69) is 0 Å². The molecule has 120 valence electrons. The number of carbonyl (C=O) groups is 1. The van der Waals surface area contributed by atoms with Crippen LogP contribution in [0.3, 0.4) is 0 Å². The van der Waals surface area contributed by atoms with E-state index >= 15 is 0 Å². The zero-order valence-electron chi connectivity index (χ0n) is 13.1. The Balaban J connectivity index is 1.83. The lowest BCUT2D eigenvalue weighted by Crippen LogP contribution is -2.01. The molecule has 3 aromatic carbocycles. The van der Waals surface area contributed by atoms with Crippen molar-refractivity contribution >= 4 is 5.78 Å². The van der Waals surface area contributed by atoms with Crippen molar-refractivity contribution in [3.63, 3.8) is 0 Å². The monoisotopic (exact) mass is 320 g/mol. The summed E-state index contributed by atoms with van der Waals surface area (Å²) in [7, 11) is 0. The second-order valence-corrected chi connectivity index (χ2v) is 5.42. The molecule has 0 saturated carbocycles. The van der Waals surface area contributed by atoms with E-state index in [1.165, 1.54) is 18.2 Å². The zero-order valence-corrected chi connectivity index (χ0v) is 13.1. The van der Waals surface area contributed by atoms with Gasteiger partial charge >= 0.3 is 0 Å². The maximum atomic E-state index is 12.4. The smallest absolute Gasteiger partial charge is 0.196 e. The predicted molar refractivity (Wildman–Crippen MR) is 90.9 cm³/mol. The largest absolute Gasteiger partial charge is 0.508 e. The van der Waals surface area contributed by atoms with Crippen molar-refractivity contribution in [1.82, 2.24) is 0 Å². The molecule has 0 aliphatic heterocycles. The zero-order chi connectivity index (χ0) is 17.1. The van der Waals surface area contributed by atoms with Crippen LogP contribution in [0.1, 0.15) is 21.5 Å². The third-order valence-electron chi connectivity index (χ3n) is 3.66. The van der Waals surface area contributed by atoms with Gasteiger partial charge in [0.2, 0.25) is 0 Å². The summed E-state index contributed by atoms with van der Waals surface area (Å²) in [5.74, 6) is 0.753. The van der Waals surface area contributed by atoms with E-state index in [4.69, 9.17) is 4.74 Å². The SMILES string of the molecule is Cc1ccccc1Oc1ccc(C(=O)c2cc(O)ccc2O)cc1. The van der Waals surface area contributed by atoms with Crippen LogP contribution in [0.5, 0.6) is 23.0 Å². The van der Waals surface area contributed by atoms with E-state index in [1.807, 2.05) is 31.2 Å². The fourth-order valence-electron chi connectivity index (χ4n) is 2.33. The van der Waals surface area contributed by atoms with Crippen molar-refractivity contribution in [2.45, 2.75) is 6.92 Å². The maximum Gasteiger partial charge on any atom is 0.196 e. The number of phenols is 2. The van der Waals surface area contributed by atoms with E-state index in [9.17, 15) is 15.0 Å². The van der Waals surface area contributed by atoms with Crippen LogP contribution in [-0.4, -0.2) is 16.0 Å². The Morgan fingerprint density at radius 3 is 2.33 bits per heavy atom. The minimum atomic E-state index is -0.370. The highest BCUT2D eigenvalue weighted by atomic mass is 16.5. The van der Waals surface area contributed by atoms with E-state index < -0.39 is 0 Å². The summed E-state index contributed by atoms with van der Waals surface area (Å²) in [4.78, 5) is 12.4. The normalized spacial score (nSPS) is 10.4. The van der Waals surface area contributed by atoms with Gasteiger partial charge in [-0.15, -0.1) is 0 Å². The van der Waals surface area contributed by atoms with E-state index in [0.29, 0.717) is 11.3 Å². The number of rotatable bonds is 4. The van der Waals surface area contributed by atoms with Gasteiger partial charge in [-0.25, -0.2) is 0 Å². The van der Waals surface area contributed by atoms with Gasteiger partial charge in [-0.1, -0.05) is 18.2 Å². The van der Waals surface area contributed by atoms with Crippen molar-refractivity contribution in [2.24, 2.45) is 0 Å². The average molecular weight is 320 g/mol. The molecule has 0 aliphatic carbocycles. The second-order valence-electron chi connectivity index (χ2n) is 5.42. The predicted octanol–water partition coefficient (Wildman–Crippen LogP) is 4.43. The van der Waals surface area contributed by atoms with E-state index in [0.717, 1.165) is 11.3 Å². The van der Waals surface area contributed by atoms with Gasteiger partial charge in [0.25, 0.3) is 0 Å². The van der Waals surface area contributed by atoms with Crippen LogP contribution in [0.25, 0.3) is 0 Å². The number of benzene rings is 3. The number of phenolic OH excluding ortho intramolecular Hbond substituents is 2. The van der Waals surface area contributed by atoms with Gasteiger partial charge in [-0.2, -0.15) is 0 Å². The molecule has 0 saturated heterocycles. The quantitative estimate of drug-likeness (QED) is 0.551. The third-order valence-corrected chi connectivity index (χ3v) is 3.66. The van der Waals surface area contributed by atoms with Crippen molar-refractivity contribution in [3.05, 3.63) is 83.4 Å². The van der Waals surface area contributed by atoms with Gasteiger partial charge < -0.3 is 14.9 Å². The van der Waals surface area contributed by atoms with Crippen LogP contribution in [0.2, 0.25) is 0 Å². The van der Waals surface area contributed by atoms with Crippen LogP contribution in [0, 0.1) is 6.92 Å². The minimum absolute atomic E-state index is 0.0579. The summed E-state index contributed by atoms with van der Waals surface area (Å²) in [5, 5.41) is 19.3. The molecule has 0 radical (unpaired) electrons. The first-order chi connectivity index (χ1) is 11.5. The molecule has 0 atom stereocenters. The van der Waals surface area contributed by atoms with Crippen molar-refractivity contribution in [1.29, 1.82) is 0 Å². The molecule has 24 heavy (non-hydrogen) atoms. The fourth-order valence-corrected chi connectivity index (χ4v) is 2.33.